The second kappa shape index (κ2) is 11.7. The molecule has 0 aliphatic carbocycles. The van der Waals surface area contributed by atoms with Crippen molar-refractivity contribution in [3.05, 3.63) is 71.3 Å². The van der Waals surface area contributed by atoms with Crippen LogP contribution in [0.5, 0.6) is 11.8 Å². The average Bonchev–Trinajstić information content (AvgIpc) is 2.82. The molecule has 9 heteroatoms. The predicted molar refractivity (Wildman–Crippen MR) is 143 cm³/mol. The Hall–Kier alpha value is -2.80. The number of halogens is 1. The molecule has 2 aromatic heterocycles. The summed E-state index contributed by atoms with van der Waals surface area (Å²) in [4.78, 5) is 18.0. The van der Waals surface area contributed by atoms with Crippen LogP contribution in [0, 0.1) is 11.2 Å². The van der Waals surface area contributed by atoms with Gasteiger partial charge < -0.3 is 19.1 Å². The van der Waals surface area contributed by atoms with Crippen LogP contribution < -0.4 is 9.47 Å². The van der Waals surface area contributed by atoms with Crippen LogP contribution >= 0.6 is 7.37 Å². The zero-order valence-electron chi connectivity index (χ0n) is 22.5. The Balaban J connectivity index is 1.94. The van der Waals surface area contributed by atoms with Gasteiger partial charge in [0.15, 0.2) is 7.37 Å². The van der Waals surface area contributed by atoms with Gasteiger partial charge in [-0.3, -0.25) is 4.57 Å². The summed E-state index contributed by atoms with van der Waals surface area (Å²) in [6.07, 6.45) is 2.64. The van der Waals surface area contributed by atoms with E-state index in [1.54, 1.807) is 25.4 Å². The van der Waals surface area contributed by atoms with Crippen molar-refractivity contribution in [1.29, 1.82) is 0 Å². The fourth-order valence-corrected chi connectivity index (χ4v) is 5.66. The molecule has 0 aliphatic heterocycles. The van der Waals surface area contributed by atoms with E-state index in [-0.39, 0.29) is 30.2 Å². The zero-order valence-corrected chi connectivity index (χ0v) is 23.4. The van der Waals surface area contributed by atoms with Gasteiger partial charge in [-0.2, -0.15) is 0 Å². The van der Waals surface area contributed by atoms with Crippen LogP contribution in [0.2, 0.25) is 0 Å². The predicted octanol–water partition coefficient (Wildman–Crippen LogP) is 6.61. The Morgan fingerprint density at radius 2 is 1.78 bits per heavy atom. The SMILES string of the molecule is COc1cc(-c2ccc(COc3cc([C@@H](C)CP(C)(=O)O)ccn3)cc2[C@@H](OC)C(C)(C)C)c(F)cn1. The number of hydrogen-bond donors (Lipinski definition) is 1. The Labute approximate surface area is 218 Å². The van der Waals surface area contributed by atoms with Crippen LogP contribution in [0.1, 0.15) is 56.4 Å². The molecule has 0 saturated carbocycles. The second-order valence-corrected chi connectivity index (χ2v) is 12.9. The van der Waals surface area contributed by atoms with E-state index in [0.717, 1.165) is 22.9 Å². The summed E-state index contributed by atoms with van der Waals surface area (Å²) in [5, 5.41) is 0. The molecular formula is C28H36FN2O5P. The third-order valence-electron chi connectivity index (χ3n) is 6.08. The maximum absolute atomic E-state index is 14.9. The first-order chi connectivity index (χ1) is 17.3. The lowest BCUT2D eigenvalue weighted by molar-refractivity contribution is 0.0155. The molecule has 0 aliphatic rings. The Morgan fingerprint density at radius 3 is 2.41 bits per heavy atom. The van der Waals surface area contributed by atoms with Gasteiger partial charge in [-0.25, -0.2) is 14.4 Å². The number of methoxy groups -OCH3 is 2. The number of hydrogen-bond acceptors (Lipinski definition) is 6. The van der Waals surface area contributed by atoms with Gasteiger partial charge in [0.05, 0.1) is 19.4 Å². The lowest BCUT2D eigenvalue weighted by Crippen LogP contribution is -2.21. The first-order valence-electron chi connectivity index (χ1n) is 12.1. The van der Waals surface area contributed by atoms with Gasteiger partial charge in [0.2, 0.25) is 11.8 Å². The maximum atomic E-state index is 14.9. The third kappa shape index (κ3) is 7.60. The molecule has 2 heterocycles. The van der Waals surface area contributed by atoms with Crippen molar-refractivity contribution >= 4 is 7.37 Å². The molecule has 0 bridgehead atoms. The molecule has 0 amide bonds. The van der Waals surface area contributed by atoms with Crippen molar-refractivity contribution in [2.45, 2.75) is 46.3 Å². The van der Waals surface area contributed by atoms with Crippen LogP contribution in [0.3, 0.4) is 0 Å². The number of pyridine rings is 2. The highest BCUT2D eigenvalue weighted by molar-refractivity contribution is 7.57. The average molecular weight is 531 g/mol. The van der Waals surface area contributed by atoms with E-state index >= 15 is 0 Å². The molecule has 3 rings (SSSR count). The normalized spacial score (nSPS) is 15.1. The summed E-state index contributed by atoms with van der Waals surface area (Å²) in [6.45, 7) is 9.69. The largest absolute Gasteiger partial charge is 0.481 e. The van der Waals surface area contributed by atoms with Crippen LogP contribution in [-0.2, 0) is 15.9 Å². The highest BCUT2D eigenvalue weighted by atomic mass is 31.2. The minimum Gasteiger partial charge on any atom is -0.481 e. The highest BCUT2D eigenvalue weighted by Crippen LogP contribution is 2.42. The smallest absolute Gasteiger partial charge is 0.213 e. The molecule has 3 atom stereocenters. The highest BCUT2D eigenvalue weighted by Gasteiger charge is 2.29. The molecule has 0 spiro atoms. The topological polar surface area (TPSA) is 90.8 Å². The van der Waals surface area contributed by atoms with Gasteiger partial charge in [0.1, 0.15) is 12.4 Å². The summed E-state index contributed by atoms with van der Waals surface area (Å²) in [7, 11) is -0.0120. The van der Waals surface area contributed by atoms with Gasteiger partial charge in [0.25, 0.3) is 0 Å². The number of ether oxygens (including phenoxy) is 3. The molecule has 0 radical (unpaired) electrons. The molecule has 200 valence electrons. The first-order valence-corrected chi connectivity index (χ1v) is 14.3. The van der Waals surface area contributed by atoms with Crippen LogP contribution in [0.4, 0.5) is 4.39 Å². The Morgan fingerprint density at radius 1 is 1.05 bits per heavy atom. The molecule has 0 fully saturated rings. The third-order valence-corrected chi connectivity index (χ3v) is 7.30. The fraction of sp³-hybridized carbons (Fsp3) is 0.429. The van der Waals surface area contributed by atoms with Crippen LogP contribution in [-0.4, -0.2) is 41.9 Å². The van der Waals surface area contributed by atoms with Gasteiger partial charge in [0, 0.05) is 43.8 Å². The summed E-state index contributed by atoms with van der Waals surface area (Å²) in [5.41, 5.74) is 3.35. The van der Waals surface area contributed by atoms with Crippen molar-refractivity contribution in [3.8, 4) is 22.9 Å². The van der Waals surface area contributed by atoms with E-state index in [1.165, 1.54) is 13.8 Å². The quantitative estimate of drug-likeness (QED) is 0.295. The van der Waals surface area contributed by atoms with E-state index in [2.05, 4.69) is 30.7 Å². The van der Waals surface area contributed by atoms with E-state index in [9.17, 15) is 13.8 Å². The molecule has 1 N–H and O–H groups in total. The molecule has 0 saturated heterocycles. The molecule has 1 aromatic carbocycles. The van der Waals surface area contributed by atoms with E-state index < -0.39 is 13.2 Å². The zero-order chi connectivity index (χ0) is 27.4. The van der Waals surface area contributed by atoms with Crippen molar-refractivity contribution < 1.29 is 28.1 Å². The lowest BCUT2D eigenvalue weighted by Gasteiger charge is -2.32. The monoisotopic (exact) mass is 530 g/mol. The van der Waals surface area contributed by atoms with Crippen LogP contribution in [0.15, 0.2) is 48.8 Å². The van der Waals surface area contributed by atoms with E-state index in [4.69, 9.17) is 14.2 Å². The van der Waals surface area contributed by atoms with Crippen molar-refractivity contribution in [2.75, 3.05) is 27.0 Å². The Kier molecular flexibility index (Phi) is 9.11. The van der Waals surface area contributed by atoms with Crippen molar-refractivity contribution in [1.82, 2.24) is 9.97 Å². The van der Waals surface area contributed by atoms with E-state index in [1.807, 2.05) is 31.2 Å². The molecule has 1 unspecified atom stereocenters. The number of aromatic nitrogens is 2. The van der Waals surface area contributed by atoms with Gasteiger partial charge in [-0.1, -0.05) is 39.8 Å². The second-order valence-electron chi connectivity index (χ2n) is 10.5. The molecule has 37 heavy (non-hydrogen) atoms. The van der Waals surface area contributed by atoms with Gasteiger partial charge in [-0.05, 0) is 45.7 Å². The van der Waals surface area contributed by atoms with E-state index in [0.29, 0.717) is 22.9 Å². The summed E-state index contributed by atoms with van der Waals surface area (Å²) < 4.78 is 43.8. The first kappa shape index (κ1) is 28.8. The molecule has 3 aromatic rings. The molecular weight excluding hydrogens is 494 g/mol. The minimum atomic E-state index is -3.15. The summed E-state index contributed by atoms with van der Waals surface area (Å²) >= 11 is 0. The Bertz CT molecular complexity index is 1270. The van der Waals surface area contributed by atoms with Crippen LogP contribution in [0.25, 0.3) is 11.1 Å². The maximum Gasteiger partial charge on any atom is 0.213 e. The number of rotatable bonds is 10. The standard InChI is InChI=1S/C28H36FN2O5P/c1-18(17-37(7,32)33)20-10-11-30-26(13-20)36-16-19-8-9-21(22-14-25(34-5)31-15-24(22)29)23(12-19)27(35-6)28(2,3)4/h8-15,18,27H,16-17H2,1-7H3,(H,32,33)/t18-,27+/m0/s1. The lowest BCUT2D eigenvalue weighted by atomic mass is 9.81. The van der Waals surface area contributed by atoms with Crippen molar-refractivity contribution in [3.63, 3.8) is 0 Å². The van der Waals surface area contributed by atoms with Gasteiger partial charge in [-0.15, -0.1) is 0 Å². The van der Waals surface area contributed by atoms with Crippen molar-refractivity contribution in [2.24, 2.45) is 5.41 Å². The summed E-state index contributed by atoms with van der Waals surface area (Å²) in [6, 6.07) is 10.9. The summed E-state index contributed by atoms with van der Waals surface area (Å²) in [5.74, 6) is 0.172. The van der Waals surface area contributed by atoms with Gasteiger partial charge >= 0.3 is 0 Å². The minimum absolute atomic E-state index is 0.112. The number of nitrogens with zero attached hydrogens (tertiary/aromatic N) is 2. The number of benzene rings is 1. The fourth-order valence-electron chi connectivity index (χ4n) is 4.43. The molecule has 7 nitrogen and oxygen atoms in total.